The Hall–Kier alpha value is -0.530. The lowest BCUT2D eigenvalue weighted by Gasteiger charge is -2.36. The Morgan fingerprint density at radius 3 is 3.00 bits per heavy atom. The molecule has 1 aromatic rings. The summed E-state index contributed by atoms with van der Waals surface area (Å²) < 4.78 is 0. The van der Waals surface area contributed by atoms with Gasteiger partial charge in [-0.25, -0.2) is 0 Å². The van der Waals surface area contributed by atoms with Gasteiger partial charge in [0.05, 0.1) is 0 Å². The van der Waals surface area contributed by atoms with Crippen molar-refractivity contribution in [2.45, 2.75) is 32.6 Å². The predicted octanol–water partition coefficient (Wildman–Crippen LogP) is 4.08. The van der Waals surface area contributed by atoms with Gasteiger partial charge in [0.1, 0.15) is 0 Å². The Morgan fingerprint density at radius 2 is 2.29 bits per heavy atom. The number of hydrogen-bond donors (Lipinski definition) is 1. The first-order valence-corrected chi connectivity index (χ1v) is 7.06. The second-order valence-corrected chi connectivity index (χ2v) is 5.64. The van der Waals surface area contributed by atoms with Gasteiger partial charge in [-0.3, -0.25) is 0 Å². The number of rotatable bonds is 3. The molecule has 0 aromatic heterocycles. The van der Waals surface area contributed by atoms with Crippen molar-refractivity contribution in [2.75, 3.05) is 13.1 Å². The molecule has 0 bridgehead atoms. The molecule has 1 N–H and O–H groups in total. The zero-order valence-corrected chi connectivity index (χ0v) is 11.5. The van der Waals surface area contributed by atoms with Crippen molar-refractivity contribution in [1.29, 1.82) is 0 Å². The van der Waals surface area contributed by atoms with Crippen LogP contribution in [-0.2, 0) is 0 Å². The van der Waals surface area contributed by atoms with Gasteiger partial charge in [0, 0.05) is 11.6 Å². The van der Waals surface area contributed by atoms with Gasteiger partial charge >= 0.3 is 0 Å². The van der Waals surface area contributed by atoms with Crippen LogP contribution in [-0.4, -0.2) is 13.1 Å². The molecule has 1 aliphatic heterocycles. The Morgan fingerprint density at radius 1 is 1.47 bits per heavy atom. The molecule has 1 fully saturated rings. The summed E-state index contributed by atoms with van der Waals surface area (Å²) in [7, 11) is 0. The van der Waals surface area contributed by atoms with Crippen LogP contribution in [0.5, 0.6) is 0 Å². The SMILES string of the molecule is CCC(C)C1CCNCC1c1cccc(Cl)c1. The molecule has 1 nitrogen and oxygen atoms in total. The minimum atomic E-state index is 0.623. The largest absolute Gasteiger partial charge is 0.316 e. The normalized spacial score (nSPS) is 26.8. The monoisotopic (exact) mass is 251 g/mol. The summed E-state index contributed by atoms with van der Waals surface area (Å²) in [6, 6.07) is 8.38. The van der Waals surface area contributed by atoms with Crippen LogP contribution >= 0.6 is 11.6 Å². The lowest BCUT2D eigenvalue weighted by atomic mass is 9.74. The Balaban J connectivity index is 2.21. The van der Waals surface area contributed by atoms with Gasteiger partial charge in [-0.15, -0.1) is 0 Å². The van der Waals surface area contributed by atoms with Gasteiger partial charge in [-0.1, -0.05) is 44.0 Å². The van der Waals surface area contributed by atoms with Gasteiger partial charge in [0.25, 0.3) is 0 Å². The van der Waals surface area contributed by atoms with Crippen LogP contribution in [0.15, 0.2) is 24.3 Å². The molecule has 2 heteroatoms. The maximum atomic E-state index is 6.10. The molecule has 0 aliphatic carbocycles. The predicted molar refractivity (Wildman–Crippen MR) is 74.6 cm³/mol. The molecule has 2 rings (SSSR count). The summed E-state index contributed by atoms with van der Waals surface area (Å²) in [6.07, 6.45) is 2.55. The third-order valence-corrected chi connectivity index (χ3v) is 4.42. The highest BCUT2D eigenvalue weighted by Gasteiger charge is 2.29. The fourth-order valence-electron chi connectivity index (χ4n) is 2.96. The summed E-state index contributed by atoms with van der Waals surface area (Å²) in [5, 5.41) is 4.38. The van der Waals surface area contributed by atoms with E-state index in [1.54, 1.807) is 0 Å². The minimum Gasteiger partial charge on any atom is -0.316 e. The van der Waals surface area contributed by atoms with Crippen molar-refractivity contribution < 1.29 is 0 Å². The molecule has 0 spiro atoms. The van der Waals surface area contributed by atoms with Gasteiger partial charge in [-0.05, 0) is 48.4 Å². The fraction of sp³-hybridized carbons (Fsp3) is 0.600. The van der Waals surface area contributed by atoms with Crippen LogP contribution in [0.4, 0.5) is 0 Å². The molecule has 1 aliphatic rings. The molecule has 3 atom stereocenters. The number of halogens is 1. The minimum absolute atomic E-state index is 0.623. The van der Waals surface area contributed by atoms with Gasteiger partial charge < -0.3 is 5.32 Å². The van der Waals surface area contributed by atoms with Crippen molar-refractivity contribution in [3.05, 3.63) is 34.9 Å². The quantitative estimate of drug-likeness (QED) is 0.854. The summed E-state index contributed by atoms with van der Waals surface area (Å²) in [5.74, 6) is 2.21. The fourth-order valence-corrected chi connectivity index (χ4v) is 3.16. The lowest BCUT2D eigenvalue weighted by Crippen LogP contribution is -2.37. The van der Waals surface area contributed by atoms with E-state index in [0.29, 0.717) is 5.92 Å². The first-order valence-electron chi connectivity index (χ1n) is 6.68. The van der Waals surface area contributed by atoms with E-state index in [2.05, 4.69) is 37.4 Å². The number of hydrogen-bond acceptors (Lipinski definition) is 1. The molecule has 1 aromatic carbocycles. The maximum Gasteiger partial charge on any atom is 0.0408 e. The van der Waals surface area contributed by atoms with Gasteiger partial charge in [0.15, 0.2) is 0 Å². The highest BCUT2D eigenvalue weighted by Crippen LogP contribution is 2.36. The average molecular weight is 252 g/mol. The van der Waals surface area contributed by atoms with E-state index >= 15 is 0 Å². The molecule has 1 heterocycles. The third kappa shape index (κ3) is 3.02. The topological polar surface area (TPSA) is 12.0 Å². The van der Waals surface area contributed by atoms with E-state index in [-0.39, 0.29) is 0 Å². The van der Waals surface area contributed by atoms with Crippen LogP contribution in [0.3, 0.4) is 0 Å². The van der Waals surface area contributed by atoms with Crippen LogP contribution in [0.1, 0.15) is 38.2 Å². The molecule has 0 radical (unpaired) electrons. The number of benzene rings is 1. The van der Waals surface area contributed by atoms with E-state index in [9.17, 15) is 0 Å². The molecule has 17 heavy (non-hydrogen) atoms. The van der Waals surface area contributed by atoms with E-state index in [1.165, 1.54) is 18.4 Å². The molecular weight excluding hydrogens is 230 g/mol. The van der Waals surface area contributed by atoms with Crippen LogP contribution in [0, 0.1) is 11.8 Å². The van der Waals surface area contributed by atoms with E-state index < -0.39 is 0 Å². The summed E-state index contributed by atoms with van der Waals surface area (Å²) >= 11 is 6.10. The van der Waals surface area contributed by atoms with Crippen molar-refractivity contribution in [2.24, 2.45) is 11.8 Å². The standard InChI is InChI=1S/C15H22ClN/c1-3-11(2)14-7-8-17-10-15(14)12-5-4-6-13(16)9-12/h4-6,9,11,14-15,17H,3,7-8,10H2,1-2H3. The smallest absolute Gasteiger partial charge is 0.0408 e. The zero-order valence-electron chi connectivity index (χ0n) is 10.7. The third-order valence-electron chi connectivity index (χ3n) is 4.19. The van der Waals surface area contributed by atoms with Crippen molar-refractivity contribution in [3.63, 3.8) is 0 Å². The maximum absolute atomic E-state index is 6.10. The molecule has 3 unspecified atom stereocenters. The van der Waals surface area contributed by atoms with Crippen LogP contribution in [0.25, 0.3) is 0 Å². The van der Waals surface area contributed by atoms with E-state index in [1.807, 2.05) is 6.07 Å². The van der Waals surface area contributed by atoms with E-state index in [4.69, 9.17) is 11.6 Å². The van der Waals surface area contributed by atoms with Crippen molar-refractivity contribution in [1.82, 2.24) is 5.32 Å². The summed E-state index contributed by atoms with van der Waals surface area (Å²) in [4.78, 5) is 0. The Kier molecular flexibility index (Phi) is 4.47. The van der Waals surface area contributed by atoms with Gasteiger partial charge in [-0.2, -0.15) is 0 Å². The molecule has 0 saturated carbocycles. The summed E-state index contributed by atoms with van der Waals surface area (Å²) in [6.45, 7) is 6.93. The Labute approximate surface area is 110 Å². The molecule has 0 amide bonds. The second-order valence-electron chi connectivity index (χ2n) is 5.20. The summed E-state index contributed by atoms with van der Waals surface area (Å²) in [5.41, 5.74) is 1.40. The zero-order chi connectivity index (χ0) is 12.3. The molecule has 1 saturated heterocycles. The second kappa shape index (κ2) is 5.88. The highest BCUT2D eigenvalue weighted by atomic mass is 35.5. The first-order chi connectivity index (χ1) is 8.22. The van der Waals surface area contributed by atoms with E-state index in [0.717, 1.165) is 29.9 Å². The number of piperidine rings is 1. The Bertz CT molecular complexity index is 364. The van der Waals surface area contributed by atoms with Crippen LogP contribution in [0.2, 0.25) is 5.02 Å². The van der Waals surface area contributed by atoms with Gasteiger partial charge in [0.2, 0.25) is 0 Å². The molecule has 94 valence electrons. The molecular formula is C15H22ClN. The first kappa shape index (κ1) is 12.9. The highest BCUT2D eigenvalue weighted by molar-refractivity contribution is 6.30. The van der Waals surface area contributed by atoms with Crippen LogP contribution < -0.4 is 5.32 Å². The van der Waals surface area contributed by atoms with Crippen molar-refractivity contribution in [3.8, 4) is 0 Å². The average Bonchev–Trinajstić information content (AvgIpc) is 2.38. The lowest BCUT2D eigenvalue weighted by molar-refractivity contribution is 0.233. The number of nitrogens with one attached hydrogen (secondary N) is 1. The van der Waals surface area contributed by atoms with Crippen molar-refractivity contribution >= 4 is 11.6 Å².